The fraction of sp³-hybridized carbons (Fsp3) is 0.412. The number of fused-ring (bicyclic) bond motifs is 1. The lowest BCUT2D eigenvalue weighted by Crippen LogP contribution is -2.20. The van der Waals surface area contributed by atoms with E-state index in [0.717, 1.165) is 11.4 Å². The van der Waals surface area contributed by atoms with Crippen molar-refractivity contribution in [3.63, 3.8) is 0 Å². The molecule has 0 fully saturated rings. The summed E-state index contributed by atoms with van der Waals surface area (Å²) in [6, 6.07) is 6.89. The average Bonchev–Trinajstić information content (AvgIpc) is 2.75. The summed E-state index contributed by atoms with van der Waals surface area (Å²) < 4.78 is 0. The van der Waals surface area contributed by atoms with E-state index in [1.54, 1.807) is 29.9 Å². The summed E-state index contributed by atoms with van der Waals surface area (Å²) >= 11 is 3.52. The van der Waals surface area contributed by atoms with Gasteiger partial charge >= 0.3 is 0 Å². The number of thioether (sulfide) groups is 2. The number of hydrogen-bond acceptors (Lipinski definition) is 4. The molecule has 1 atom stereocenters. The van der Waals surface area contributed by atoms with E-state index < -0.39 is 0 Å². The molecule has 110 valence electrons. The molecule has 3 rings (SSSR count). The van der Waals surface area contributed by atoms with Gasteiger partial charge in [0.15, 0.2) is 0 Å². The average molecular weight is 316 g/mol. The second kappa shape index (κ2) is 5.65. The molecule has 0 saturated carbocycles. The molecule has 0 N–H and O–H groups in total. The van der Waals surface area contributed by atoms with Crippen molar-refractivity contribution in [1.29, 1.82) is 0 Å². The maximum absolute atomic E-state index is 4.47. The van der Waals surface area contributed by atoms with Gasteiger partial charge in [0, 0.05) is 22.6 Å². The summed E-state index contributed by atoms with van der Waals surface area (Å²) in [7, 11) is 0. The van der Waals surface area contributed by atoms with E-state index in [-0.39, 0.29) is 5.41 Å². The van der Waals surface area contributed by atoms with Gasteiger partial charge in [-0.3, -0.25) is 0 Å². The summed E-state index contributed by atoms with van der Waals surface area (Å²) in [6.45, 7) is 4.71. The molecule has 1 aliphatic rings. The monoisotopic (exact) mass is 316 g/mol. The first kappa shape index (κ1) is 14.9. The third-order valence-electron chi connectivity index (χ3n) is 4.30. The number of rotatable bonds is 3. The summed E-state index contributed by atoms with van der Waals surface area (Å²) in [5.74, 6) is 0.378. The first-order valence-electron chi connectivity index (χ1n) is 7.07. The molecule has 0 amide bonds. The molecule has 0 saturated heterocycles. The van der Waals surface area contributed by atoms with Crippen LogP contribution in [0, 0.1) is 5.41 Å². The van der Waals surface area contributed by atoms with Gasteiger partial charge in [0.1, 0.15) is 11.4 Å². The van der Waals surface area contributed by atoms with E-state index in [2.05, 4.69) is 54.5 Å². The standard InChI is InChI=1S/C17H20N2S2/c1-17(2)8-11-5-6-12(20-3)7-13(11)15(17)14-9-18-10-19-16(14)21-4/h5-7,9-10,15H,8H2,1-4H3. The van der Waals surface area contributed by atoms with Crippen LogP contribution >= 0.6 is 23.5 Å². The Morgan fingerprint density at radius 3 is 2.67 bits per heavy atom. The summed E-state index contributed by atoms with van der Waals surface area (Å²) in [5.41, 5.74) is 4.40. The van der Waals surface area contributed by atoms with Gasteiger partial charge in [-0.1, -0.05) is 19.9 Å². The van der Waals surface area contributed by atoms with Crippen LogP contribution in [-0.4, -0.2) is 22.5 Å². The van der Waals surface area contributed by atoms with E-state index in [9.17, 15) is 0 Å². The van der Waals surface area contributed by atoms with Crippen molar-refractivity contribution in [1.82, 2.24) is 9.97 Å². The van der Waals surface area contributed by atoms with Crippen molar-refractivity contribution < 1.29 is 0 Å². The predicted octanol–water partition coefficient (Wildman–Crippen LogP) is 4.63. The molecule has 1 heterocycles. The first-order chi connectivity index (χ1) is 10.1. The lowest BCUT2D eigenvalue weighted by molar-refractivity contribution is 0.342. The van der Waals surface area contributed by atoms with E-state index in [1.165, 1.54) is 21.6 Å². The smallest absolute Gasteiger partial charge is 0.116 e. The summed E-state index contributed by atoms with van der Waals surface area (Å²) in [4.78, 5) is 10.1. The quantitative estimate of drug-likeness (QED) is 0.609. The molecule has 0 spiro atoms. The van der Waals surface area contributed by atoms with Gasteiger partial charge in [-0.2, -0.15) is 0 Å². The molecule has 0 bridgehead atoms. The number of nitrogens with zero attached hydrogens (tertiary/aromatic N) is 2. The van der Waals surface area contributed by atoms with Crippen LogP contribution in [0.4, 0.5) is 0 Å². The Balaban J connectivity index is 2.17. The van der Waals surface area contributed by atoms with Crippen molar-refractivity contribution in [2.45, 2.75) is 36.1 Å². The van der Waals surface area contributed by atoms with E-state index in [4.69, 9.17) is 0 Å². The minimum atomic E-state index is 0.203. The van der Waals surface area contributed by atoms with Gasteiger partial charge in [0.2, 0.25) is 0 Å². The highest BCUT2D eigenvalue weighted by atomic mass is 32.2. The highest BCUT2D eigenvalue weighted by molar-refractivity contribution is 7.98. The molecule has 1 aromatic heterocycles. The number of aromatic nitrogens is 2. The van der Waals surface area contributed by atoms with Crippen molar-refractivity contribution in [2.75, 3.05) is 12.5 Å². The Hall–Kier alpha value is -1.00. The van der Waals surface area contributed by atoms with Gasteiger partial charge in [0.05, 0.1) is 0 Å². The molecule has 1 unspecified atom stereocenters. The Morgan fingerprint density at radius 1 is 1.14 bits per heavy atom. The molecule has 2 aromatic rings. The minimum Gasteiger partial charge on any atom is -0.244 e. The number of hydrogen-bond donors (Lipinski definition) is 0. The first-order valence-corrected chi connectivity index (χ1v) is 9.52. The fourth-order valence-electron chi connectivity index (χ4n) is 3.43. The molecule has 2 nitrogen and oxygen atoms in total. The topological polar surface area (TPSA) is 25.8 Å². The fourth-order valence-corrected chi connectivity index (χ4v) is 4.44. The Kier molecular flexibility index (Phi) is 4.02. The van der Waals surface area contributed by atoms with Crippen molar-refractivity contribution >= 4 is 23.5 Å². The molecule has 4 heteroatoms. The molecule has 21 heavy (non-hydrogen) atoms. The normalized spacial score (nSPS) is 19.5. The zero-order chi connectivity index (χ0) is 15.0. The number of benzene rings is 1. The predicted molar refractivity (Wildman–Crippen MR) is 91.4 cm³/mol. The van der Waals surface area contributed by atoms with E-state index in [1.807, 2.05) is 6.20 Å². The van der Waals surface area contributed by atoms with Gasteiger partial charge in [-0.05, 0) is 47.6 Å². The van der Waals surface area contributed by atoms with Crippen LogP contribution in [0.25, 0.3) is 0 Å². The largest absolute Gasteiger partial charge is 0.244 e. The maximum Gasteiger partial charge on any atom is 0.116 e. The van der Waals surface area contributed by atoms with Crippen LogP contribution in [0.5, 0.6) is 0 Å². The summed E-state index contributed by atoms with van der Waals surface area (Å²) in [6.07, 6.45) is 9.00. The van der Waals surface area contributed by atoms with E-state index >= 15 is 0 Å². The highest BCUT2D eigenvalue weighted by Crippen LogP contribution is 2.52. The summed E-state index contributed by atoms with van der Waals surface area (Å²) in [5, 5.41) is 1.10. The minimum absolute atomic E-state index is 0.203. The SMILES string of the molecule is CSc1ccc2c(c1)C(c1cncnc1SC)C(C)(C)C2. The van der Waals surface area contributed by atoms with Gasteiger partial charge in [-0.15, -0.1) is 23.5 Å². The van der Waals surface area contributed by atoms with Crippen LogP contribution in [0.15, 0.2) is 40.6 Å². The Bertz CT molecular complexity index is 668. The Morgan fingerprint density at radius 2 is 1.95 bits per heavy atom. The van der Waals surface area contributed by atoms with Crippen molar-refractivity contribution in [2.24, 2.45) is 5.41 Å². The molecule has 0 radical (unpaired) electrons. The lowest BCUT2D eigenvalue weighted by Gasteiger charge is -2.28. The zero-order valence-corrected chi connectivity index (χ0v) is 14.5. The second-order valence-electron chi connectivity index (χ2n) is 6.15. The maximum atomic E-state index is 4.47. The third-order valence-corrected chi connectivity index (χ3v) is 5.75. The van der Waals surface area contributed by atoms with Crippen molar-refractivity contribution in [3.05, 3.63) is 47.4 Å². The van der Waals surface area contributed by atoms with Crippen LogP contribution in [-0.2, 0) is 6.42 Å². The lowest BCUT2D eigenvalue weighted by atomic mass is 9.76. The second-order valence-corrected chi connectivity index (χ2v) is 7.83. The molecular formula is C17H20N2S2. The molecule has 1 aromatic carbocycles. The molecular weight excluding hydrogens is 296 g/mol. The van der Waals surface area contributed by atoms with Crippen LogP contribution in [0.1, 0.15) is 36.5 Å². The molecule has 0 aliphatic heterocycles. The van der Waals surface area contributed by atoms with Gasteiger partial charge in [-0.25, -0.2) is 9.97 Å². The van der Waals surface area contributed by atoms with Gasteiger partial charge in [0.25, 0.3) is 0 Å². The molecule has 1 aliphatic carbocycles. The van der Waals surface area contributed by atoms with Crippen molar-refractivity contribution in [3.8, 4) is 0 Å². The highest BCUT2D eigenvalue weighted by Gasteiger charge is 2.41. The van der Waals surface area contributed by atoms with Crippen LogP contribution in [0.2, 0.25) is 0 Å². The van der Waals surface area contributed by atoms with E-state index in [0.29, 0.717) is 5.92 Å². The zero-order valence-electron chi connectivity index (χ0n) is 12.9. The third kappa shape index (κ3) is 2.59. The Labute approximate surface area is 135 Å². The van der Waals surface area contributed by atoms with Crippen LogP contribution < -0.4 is 0 Å². The van der Waals surface area contributed by atoms with Gasteiger partial charge < -0.3 is 0 Å². The van der Waals surface area contributed by atoms with Crippen LogP contribution in [0.3, 0.4) is 0 Å².